The van der Waals surface area contributed by atoms with Gasteiger partial charge in [0.25, 0.3) is 0 Å². The van der Waals surface area contributed by atoms with E-state index in [4.69, 9.17) is 15.6 Å². The fourth-order valence-electron chi connectivity index (χ4n) is 1.73. The molecule has 0 aliphatic carbocycles. The van der Waals surface area contributed by atoms with E-state index < -0.39 is 0 Å². The van der Waals surface area contributed by atoms with Crippen LogP contribution in [-0.2, 0) is 19.8 Å². The van der Waals surface area contributed by atoms with Crippen LogP contribution in [0, 0.1) is 5.82 Å². The maximum Gasteiger partial charge on any atom is 0.127 e. The highest BCUT2D eigenvalue weighted by atomic mass is 19.1. The molecule has 0 aromatic heterocycles. The summed E-state index contributed by atoms with van der Waals surface area (Å²) < 4.78 is 18.9. The zero-order chi connectivity index (χ0) is 13.7. The van der Waals surface area contributed by atoms with Crippen LogP contribution in [-0.4, -0.2) is 5.11 Å². The molecule has 3 N–H and O–H groups in total. The van der Waals surface area contributed by atoms with E-state index in [0.29, 0.717) is 17.9 Å². The molecule has 0 radical (unpaired) electrons. The Hall–Kier alpha value is -1.91. The molecule has 0 heterocycles. The van der Waals surface area contributed by atoms with E-state index in [1.807, 2.05) is 0 Å². The predicted molar refractivity (Wildman–Crippen MR) is 71.0 cm³/mol. The van der Waals surface area contributed by atoms with Crippen molar-refractivity contribution < 1.29 is 14.2 Å². The second kappa shape index (κ2) is 6.31. The molecule has 2 rings (SSSR count). The van der Waals surface area contributed by atoms with Gasteiger partial charge in [-0.25, -0.2) is 4.39 Å². The zero-order valence-corrected chi connectivity index (χ0v) is 10.5. The Morgan fingerprint density at radius 2 is 1.74 bits per heavy atom. The van der Waals surface area contributed by atoms with E-state index in [9.17, 15) is 4.39 Å². The van der Waals surface area contributed by atoms with E-state index in [1.54, 1.807) is 36.4 Å². The van der Waals surface area contributed by atoms with Crippen LogP contribution in [0.1, 0.15) is 16.7 Å². The Morgan fingerprint density at radius 3 is 2.37 bits per heavy atom. The standard InChI is InChI=1S/C15H16FNO2/c16-15-6-3-12(7-13(15)8-17)10-19-14-4-1-11(9-18)2-5-14/h1-7,18H,8-10,17H2. The molecule has 0 saturated heterocycles. The van der Waals surface area contributed by atoms with Gasteiger partial charge in [-0.3, -0.25) is 0 Å². The fraction of sp³-hybridized carbons (Fsp3) is 0.200. The lowest BCUT2D eigenvalue weighted by molar-refractivity contribution is 0.280. The lowest BCUT2D eigenvalue weighted by Gasteiger charge is -2.08. The van der Waals surface area contributed by atoms with Crippen LogP contribution in [0.3, 0.4) is 0 Å². The number of halogens is 1. The summed E-state index contributed by atoms with van der Waals surface area (Å²) in [5, 5.41) is 8.93. The summed E-state index contributed by atoms with van der Waals surface area (Å²) in [7, 11) is 0. The third-order valence-corrected chi connectivity index (χ3v) is 2.84. The molecule has 2 aromatic rings. The highest BCUT2D eigenvalue weighted by molar-refractivity contribution is 5.28. The van der Waals surface area contributed by atoms with Crippen LogP contribution >= 0.6 is 0 Å². The lowest BCUT2D eigenvalue weighted by Crippen LogP contribution is -2.02. The molecule has 0 atom stereocenters. The second-order valence-electron chi connectivity index (χ2n) is 4.22. The average Bonchev–Trinajstić information content (AvgIpc) is 2.47. The Labute approximate surface area is 111 Å². The molecule has 19 heavy (non-hydrogen) atoms. The lowest BCUT2D eigenvalue weighted by atomic mass is 10.1. The van der Waals surface area contributed by atoms with Crippen LogP contribution in [0.25, 0.3) is 0 Å². The van der Waals surface area contributed by atoms with Gasteiger partial charge in [0, 0.05) is 12.1 Å². The highest BCUT2D eigenvalue weighted by Gasteiger charge is 2.03. The van der Waals surface area contributed by atoms with Crippen molar-refractivity contribution in [1.82, 2.24) is 0 Å². The van der Waals surface area contributed by atoms with Crippen molar-refractivity contribution in [3.63, 3.8) is 0 Å². The Morgan fingerprint density at radius 1 is 1.05 bits per heavy atom. The van der Waals surface area contributed by atoms with Gasteiger partial charge >= 0.3 is 0 Å². The van der Waals surface area contributed by atoms with Gasteiger partial charge in [-0.1, -0.05) is 18.2 Å². The summed E-state index contributed by atoms with van der Waals surface area (Å²) in [6.45, 7) is 0.536. The molecular weight excluding hydrogens is 245 g/mol. The molecule has 0 unspecified atom stereocenters. The molecule has 4 heteroatoms. The second-order valence-corrected chi connectivity index (χ2v) is 4.22. The minimum absolute atomic E-state index is 0.0120. The Bertz CT molecular complexity index is 540. The molecule has 100 valence electrons. The number of aliphatic hydroxyl groups is 1. The van der Waals surface area contributed by atoms with Crippen molar-refractivity contribution in [3.05, 3.63) is 65.0 Å². The summed E-state index contributed by atoms with van der Waals surface area (Å²) >= 11 is 0. The van der Waals surface area contributed by atoms with E-state index in [-0.39, 0.29) is 19.0 Å². The molecule has 0 fully saturated rings. The molecule has 0 amide bonds. The van der Waals surface area contributed by atoms with Gasteiger partial charge in [-0.2, -0.15) is 0 Å². The van der Waals surface area contributed by atoms with E-state index >= 15 is 0 Å². The molecule has 0 aliphatic rings. The summed E-state index contributed by atoms with van der Waals surface area (Å²) in [6, 6.07) is 12.0. The van der Waals surface area contributed by atoms with Gasteiger partial charge in [0.1, 0.15) is 18.2 Å². The van der Waals surface area contributed by atoms with Crippen molar-refractivity contribution >= 4 is 0 Å². The van der Waals surface area contributed by atoms with Gasteiger partial charge in [0.2, 0.25) is 0 Å². The third kappa shape index (κ3) is 3.53. The van der Waals surface area contributed by atoms with Crippen molar-refractivity contribution in [2.24, 2.45) is 5.73 Å². The van der Waals surface area contributed by atoms with Crippen LogP contribution in [0.15, 0.2) is 42.5 Å². The zero-order valence-electron chi connectivity index (χ0n) is 10.5. The quantitative estimate of drug-likeness (QED) is 0.868. The van der Waals surface area contributed by atoms with E-state index in [1.165, 1.54) is 6.07 Å². The van der Waals surface area contributed by atoms with Crippen molar-refractivity contribution in [1.29, 1.82) is 0 Å². The Balaban J connectivity index is 2.01. The summed E-state index contributed by atoms with van der Waals surface area (Å²) in [4.78, 5) is 0. The Kier molecular flexibility index (Phi) is 4.49. The number of ether oxygens (including phenoxy) is 1. The SMILES string of the molecule is NCc1cc(COc2ccc(CO)cc2)ccc1F. The van der Waals surface area contributed by atoms with Gasteiger partial charge in [0.05, 0.1) is 6.61 Å². The molecule has 0 spiro atoms. The van der Waals surface area contributed by atoms with Crippen molar-refractivity contribution in [2.75, 3.05) is 0 Å². The first-order chi connectivity index (χ1) is 9.22. The minimum Gasteiger partial charge on any atom is -0.489 e. The normalized spacial score (nSPS) is 10.5. The van der Waals surface area contributed by atoms with Crippen molar-refractivity contribution in [3.8, 4) is 5.75 Å². The third-order valence-electron chi connectivity index (χ3n) is 2.84. The molecule has 0 aliphatic heterocycles. The maximum atomic E-state index is 13.3. The number of rotatable bonds is 5. The minimum atomic E-state index is -0.293. The number of benzene rings is 2. The molecule has 0 saturated carbocycles. The van der Waals surface area contributed by atoms with Crippen LogP contribution in [0.4, 0.5) is 4.39 Å². The summed E-state index contributed by atoms with van der Waals surface area (Å²) in [5.41, 5.74) is 7.64. The van der Waals surface area contributed by atoms with E-state index in [0.717, 1.165) is 11.1 Å². The van der Waals surface area contributed by atoms with Crippen molar-refractivity contribution in [2.45, 2.75) is 19.8 Å². The van der Waals surface area contributed by atoms with Crippen LogP contribution < -0.4 is 10.5 Å². The predicted octanol–water partition coefficient (Wildman–Crippen LogP) is 2.36. The summed E-state index contributed by atoms with van der Waals surface area (Å²) in [5.74, 6) is 0.411. The highest BCUT2D eigenvalue weighted by Crippen LogP contribution is 2.16. The van der Waals surface area contributed by atoms with Gasteiger partial charge in [-0.05, 0) is 35.4 Å². The summed E-state index contributed by atoms with van der Waals surface area (Å²) in [6.07, 6.45) is 0. The number of hydrogen-bond donors (Lipinski definition) is 2. The number of hydrogen-bond acceptors (Lipinski definition) is 3. The number of aliphatic hydroxyl groups excluding tert-OH is 1. The molecule has 3 nitrogen and oxygen atoms in total. The fourth-order valence-corrected chi connectivity index (χ4v) is 1.73. The van der Waals surface area contributed by atoms with Gasteiger partial charge in [-0.15, -0.1) is 0 Å². The smallest absolute Gasteiger partial charge is 0.127 e. The molecule has 0 bridgehead atoms. The monoisotopic (exact) mass is 261 g/mol. The first-order valence-corrected chi connectivity index (χ1v) is 6.03. The first-order valence-electron chi connectivity index (χ1n) is 6.03. The van der Waals surface area contributed by atoms with Gasteiger partial charge in [0.15, 0.2) is 0 Å². The van der Waals surface area contributed by atoms with E-state index in [2.05, 4.69) is 0 Å². The van der Waals surface area contributed by atoms with Crippen LogP contribution in [0.5, 0.6) is 5.75 Å². The average molecular weight is 261 g/mol. The topological polar surface area (TPSA) is 55.5 Å². The number of nitrogens with two attached hydrogens (primary N) is 1. The maximum absolute atomic E-state index is 13.3. The van der Waals surface area contributed by atoms with Gasteiger partial charge < -0.3 is 15.6 Å². The molecular formula is C15H16FNO2. The first kappa shape index (κ1) is 13.5. The molecule has 2 aromatic carbocycles. The largest absolute Gasteiger partial charge is 0.489 e. The van der Waals surface area contributed by atoms with Crippen LogP contribution in [0.2, 0.25) is 0 Å².